The smallest absolute Gasteiger partial charge is 0.0178 e. The molecule has 0 bridgehead atoms. The van der Waals surface area contributed by atoms with Crippen molar-refractivity contribution >= 4 is 11.8 Å². The number of aryl methyl sites for hydroxylation is 1. The van der Waals surface area contributed by atoms with Crippen molar-refractivity contribution in [3.8, 4) is 0 Å². The molecule has 1 aliphatic carbocycles. The average Bonchev–Trinajstić information content (AvgIpc) is 2.33. The fourth-order valence-electron chi connectivity index (χ4n) is 1.92. The standard InChI is InChI=1S/C15H18S/c1-13-7-9-15(10-8-13)16-12-11-14-5-3-2-4-6-14/h7-10,12H,2-6H2,1H3. The third-order valence-electron chi connectivity index (χ3n) is 2.94. The van der Waals surface area contributed by atoms with Gasteiger partial charge in [0.05, 0.1) is 0 Å². The van der Waals surface area contributed by atoms with Crippen LogP contribution in [0.3, 0.4) is 0 Å². The highest BCUT2D eigenvalue weighted by Crippen LogP contribution is 2.23. The van der Waals surface area contributed by atoms with Crippen molar-refractivity contribution in [2.75, 3.05) is 0 Å². The Morgan fingerprint density at radius 1 is 1.06 bits per heavy atom. The summed E-state index contributed by atoms with van der Waals surface area (Å²) in [6, 6.07) is 8.65. The van der Waals surface area contributed by atoms with Crippen LogP contribution in [0.5, 0.6) is 0 Å². The van der Waals surface area contributed by atoms with Gasteiger partial charge in [0.1, 0.15) is 0 Å². The fourth-order valence-corrected chi connectivity index (χ4v) is 2.58. The van der Waals surface area contributed by atoms with Crippen LogP contribution in [0.15, 0.2) is 45.9 Å². The van der Waals surface area contributed by atoms with Crippen molar-refractivity contribution in [2.24, 2.45) is 0 Å². The molecule has 0 nitrogen and oxygen atoms in total. The topological polar surface area (TPSA) is 0 Å². The minimum absolute atomic E-state index is 1.25. The molecule has 0 saturated heterocycles. The van der Waals surface area contributed by atoms with E-state index in [0.29, 0.717) is 0 Å². The predicted octanol–water partition coefficient (Wildman–Crippen LogP) is 5.09. The largest absolute Gasteiger partial charge is 0.114 e. The zero-order chi connectivity index (χ0) is 11.2. The van der Waals surface area contributed by atoms with E-state index in [1.54, 1.807) is 11.8 Å². The summed E-state index contributed by atoms with van der Waals surface area (Å²) in [7, 11) is 0. The van der Waals surface area contributed by atoms with Crippen LogP contribution in [0.25, 0.3) is 0 Å². The summed E-state index contributed by atoms with van der Waals surface area (Å²) in [4.78, 5) is 1.30. The molecule has 1 fully saturated rings. The van der Waals surface area contributed by atoms with Gasteiger partial charge in [0.25, 0.3) is 0 Å². The molecule has 0 amide bonds. The number of hydrogen-bond donors (Lipinski definition) is 0. The molecule has 0 unspecified atom stereocenters. The summed E-state index contributed by atoms with van der Waals surface area (Å²) in [6.07, 6.45) is 6.61. The first kappa shape index (κ1) is 11.6. The number of thioether (sulfide) groups is 1. The van der Waals surface area contributed by atoms with Crippen LogP contribution in [0.4, 0.5) is 0 Å². The van der Waals surface area contributed by atoms with Crippen molar-refractivity contribution in [3.63, 3.8) is 0 Å². The lowest BCUT2D eigenvalue weighted by atomic mass is 9.96. The highest BCUT2D eigenvalue weighted by molar-refractivity contribution is 8.02. The van der Waals surface area contributed by atoms with Crippen LogP contribution >= 0.6 is 11.8 Å². The minimum Gasteiger partial charge on any atom is -0.114 e. The second-order valence-electron chi connectivity index (χ2n) is 4.36. The Balaban J connectivity index is 1.95. The summed E-state index contributed by atoms with van der Waals surface area (Å²) in [5.41, 5.74) is 6.26. The number of hydrogen-bond acceptors (Lipinski definition) is 1. The van der Waals surface area contributed by atoms with E-state index < -0.39 is 0 Å². The Bertz CT molecular complexity index is 386. The summed E-state index contributed by atoms with van der Waals surface area (Å²) in [5, 5.41) is 2.12. The maximum absolute atomic E-state index is 3.44. The molecule has 0 spiro atoms. The number of allylic oxidation sites excluding steroid dienone is 1. The van der Waals surface area contributed by atoms with Gasteiger partial charge in [-0.25, -0.2) is 0 Å². The quantitative estimate of drug-likeness (QED) is 0.503. The molecule has 0 aromatic heterocycles. The van der Waals surface area contributed by atoms with Gasteiger partial charge in [-0.2, -0.15) is 0 Å². The molecule has 0 N–H and O–H groups in total. The lowest BCUT2D eigenvalue weighted by molar-refractivity contribution is 0.600. The van der Waals surface area contributed by atoms with Crippen molar-refractivity contribution < 1.29 is 0 Å². The third kappa shape index (κ3) is 3.59. The molecule has 16 heavy (non-hydrogen) atoms. The van der Waals surface area contributed by atoms with Crippen molar-refractivity contribution in [3.05, 3.63) is 46.5 Å². The zero-order valence-corrected chi connectivity index (χ0v) is 10.6. The van der Waals surface area contributed by atoms with Crippen LogP contribution < -0.4 is 0 Å². The van der Waals surface area contributed by atoms with Crippen LogP contribution in [0.2, 0.25) is 0 Å². The Labute approximate surface area is 102 Å². The van der Waals surface area contributed by atoms with Crippen LogP contribution in [-0.4, -0.2) is 0 Å². The maximum atomic E-state index is 3.44. The van der Waals surface area contributed by atoms with E-state index in [4.69, 9.17) is 0 Å². The molecular weight excluding hydrogens is 212 g/mol. The summed E-state index contributed by atoms with van der Waals surface area (Å²) < 4.78 is 0. The van der Waals surface area contributed by atoms with E-state index in [2.05, 4.69) is 42.3 Å². The van der Waals surface area contributed by atoms with Gasteiger partial charge in [0.2, 0.25) is 0 Å². The van der Waals surface area contributed by atoms with Crippen LogP contribution in [0, 0.1) is 6.92 Å². The SMILES string of the molecule is Cc1ccc(SC=C=C2CCCCC2)cc1. The fraction of sp³-hybridized carbons (Fsp3) is 0.400. The zero-order valence-electron chi connectivity index (χ0n) is 9.83. The van der Waals surface area contributed by atoms with E-state index in [-0.39, 0.29) is 0 Å². The average molecular weight is 230 g/mol. The second kappa shape index (κ2) is 5.98. The van der Waals surface area contributed by atoms with Crippen molar-refractivity contribution in [1.82, 2.24) is 0 Å². The molecule has 84 valence electrons. The van der Waals surface area contributed by atoms with Gasteiger partial charge in [-0.15, -0.1) is 5.73 Å². The van der Waals surface area contributed by atoms with Gasteiger partial charge in [0.15, 0.2) is 0 Å². The van der Waals surface area contributed by atoms with E-state index in [1.807, 2.05) is 0 Å². The van der Waals surface area contributed by atoms with Crippen LogP contribution in [-0.2, 0) is 0 Å². The Kier molecular flexibility index (Phi) is 4.33. The molecule has 1 aromatic carbocycles. The molecule has 0 aliphatic heterocycles. The molecule has 0 heterocycles. The lowest BCUT2D eigenvalue weighted by Crippen LogP contribution is -1.91. The van der Waals surface area contributed by atoms with Crippen molar-refractivity contribution in [1.29, 1.82) is 0 Å². The lowest BCUT2D eigenvalue weighted by Gasteiger charge is -2.10. The first-order valence-corrected chi connectivity index (χ1v) is 6.89. The van der Waals surface area contributed by atoms with E-state index in [0.717, 1.165) is 0 Å². The van der Waals surface area contributed by atoms with Gasteiger partial charge in [0, 0.05) is 10.3 Å². The van der Waals surface area contributed by atoms with Gasteiger partial charge < -0.3 is 0 Å². The molecule has 1 aliphatic rings. The summed E-state index contributed by atoms with van der Waals surface area (Å²) >= 11 is 1.77. The van der Waals surface area contributed by atoms with Crippen molar-refractivity contribution in [2.45, 2.75) is 43.9 Å². The predicted molar refractivity (Wildman–Crippen MR) is 71.7 cm³/mol. The summed E-state index contributed by atoms with van der Waals surface area (Å²) in [6.45, 7) is 2.12. The molecule has 2 rings (SSSR count). The van der Waals surface area contributed by atoms with E-state index in [9.17, 15) is 0 Å². The normalized spacial score (nSPS) is 15.7. The minimum atomic E-state index is 1.25. The van der Waals surface area contributed by atoms with Gasteiger partial charge >= 0.3 is 0 Å². The molecule has 0 radical (unpaired) electrons. The highest BCUT2D eigenvalue weighted by Gasteiger charge is 2.03. The monoisotopic (exact) mass is 230 g/mol. The summed E-state index contributed by atoms with van der Waals surface area (Å²) in [5.74, 6) is 0. The maximum Gasteiger partial charge on any atom is 0.0178 e. The Morgan fingerprint density at radius 2 is 1.75 bits per heavy atom. The van der Waals surface area contributed by atoms with E-state index in [1.165, 1.54) is 48.1 Å². The molecule has 0 atom stereocenters. The first-order valence-electron chi connectivity index (χ1n) is 6.01. The van der Waals surface area contributed by atoms with Gasteiger partial charge in [-0.1, -0.05) is 35.9 Å². The number of benzene rings is 1. The Morgan fingerprint density at radius 3 is 2.44 bits per heavy atom. The molecule has 1 heteroatoms. The van der Waals surface area contributed by atoms with Crippen LogP contribution in [0.1, 0.15) is 37.7 Å². The Hall–Kier alpha value is -0.910. The molecule has 1 aromatic rings. The highest BCUT2D eigenvalue weighted by atomic mass is 32.2. The second-order valence-corrected chi connectivity index (χ2v) is 5.30. The van der Waals surface area contributed by atoms with E-state index >= 15 is 0 Å². The molecule has 1 saturated carbocycles. The number of rotatable bonds is 2. The molecular formula is C15H18S. The van der Waals surface area contributed by atoms with Gasteiger partial charge in [-0.3, -0.25) is 0 Å². The first-order chi connectivity index (χ1) is 7.84. The van der Waals surface area contributed by atoms with Gasteiger partial charge in [-0.05, 0) is 50.3 Å². The third-order valence-corrected chi connectivity index (χ3v) is 3.72.